The van der Waals surface area contributed by atoms with Gasteiger partial charge in [-0.05, 0) is 17.7 Å². The molecule has 20 heavy (non-hydrogen) atoms. The molecule has 0 heterocycles. The number of hydrogen-bond acceptors (Lipinski definition) is 3. The minimum atomic E-state index is -0.886. The highest BCUT2D eigenvalue weighted by Gasteiger charge is 2.11. The molecule has 0 bridgehead atoms. The lowest BCUT2D eigenvalue weighted by Gasteiger charge is -2.09. The first-order valence-electron chi connectivity index (χ1n) is 5.93. The SMILES string of the molecule is O=C(O)Cc1ccc(NC(=O)C[C@H](Cl)SCCCl)cc1. The number of alkyl halides is 2. The molecular weight excluding hydrogens is 321 g/mol. The summed E-state index contributed by atoms with van der Waals surface area (Å²) in [6.07, 6.45) is 0.160. The van der Waals surface area contributed by atoms with Gasteiger partial charge >= 0.3 is 5.97 Å². The van der Waals surface area contributed by atoms with Gasteiger partial charge in [-0.25, -0.2) is 0 Å². The highest BCUT2D eigenvalue weighted by molar-refractivity contribution is 8.01. The van der Waals surface area contributed by atoms with Gasteiger partial charge in [0.2, 0.25) is 5.91 Å². The van der Waals surface area contributed by atoms with Crippen molar-refractivity contribution in [3.8, 4) is 0 Å². The van der Waals surface area contributed by atoms with E-state index in [1.165, 1.54) is 11.8 Å². The maximum absolute atomic E-state index is 11.7. The molecule has 0 spiro atoms. The number of carbonyl (C=O) groups is 2. The average molecular weight is 336 g/mol. The van der Waals surface area contributed by atoms with Crippen LogP contribution in [0.1, 0.15) is 12.0 Å². The number of nitrogens with one attached hydrogen (secondary N) is 1. The van der Waals surface area contributed by atoms with Gasteiger partial charge in [0.05, 0.1) is 17.6 Å². The number of hydrogen-bond donors (Lipinski definition) is 2. The van der Waals surface area contributed by atoms with Crippen LogP contribution < -0.4 is 5.32 Å². The molecule has 0 aliphatic carbocycles. The number of carbonyl (C=O) groups excluding carboxylic acids is 1. The molecule has 1 atom stereocenters. The fourth-order valence-corrected chi connectivity index (χ4v) is 2.76. The number of amides is 1. The quantitative estimate of drug-likeness (QED) is 0.716. The zero-order valence-corrected chi connectivity index (χ0v) is 13.0. The molecule has 1 aromatic carbocycles. The van der Waals surface area contributed by atoms with Crippen LogP contribution in [-0.2, 0) is 16.0 Å². The normalized spacial score (nSPS) is 11.9. The smallest absolute Gasteiger partial charge is 0.307 e. The Labute approximate surface area is 131 Å². The van der Waals surface area contributed by atoms with Crippen molar-refractivity contribution in [2.75, 3.05) is 16.9 Å². The number of anilines is 1. The number of rotatable bonds is 8. The molecule has 0 aliphatic heterocycles. The van der Waals surface area contributed by atoms with E-state index < -0.39 is 5.97 Å². The molecule has 0 aromatic heterocycles. The van der Waals surface area contributed by atoms with Crippen molar-refractivity contribution in [3.05, 3.63) is 29.8 Å². The number of benzene rings is 1. The number of carboxylic acids is 1. The predicted octanol–water partition coefficient (Wildman–Crippen LogP) is 3.18. The van der Waals surface area contributed by atoms with Gasteiger partial charge in [0, 0.05) is 17.3 Å². The Morgan fingerprint density at radius 1 is 1.30 bits per heavy atom. The molecular formula is C13H15Cl2NO3S. The zero-order valence-electron chi connectivity index (χ0n) is 10.6. The zero-order chi connectivity index (χ0) is 15.0. The second-order valence-corrected chi connectivity index (χ2v) is 6.46. The Hall–Kier alpha value is -0.910. The van der Waals surface area contributed by atoms with E-state index in [0.717, 1.165) is 0 Å². The van der Waals surface area contributed by atoms with Gasteiger partial charge in [-0.15, -0.1) is 35.0 Å². The minimum absolute atomic E-state index is 0.0347. The maximum atomic E-state index is 11.7. The summed E-state index contributed by atoms with van der Waals surface area (Å²) in [5.74, 6) is 0.133. The van der Waals surface area contributed by atoms with Gasteiger partial charge in [0.25, 0.3) is 0 Å². The lowest BCUT2D eigenvalue weighted by atomic mass is 10.1. The summed E-state index contributed by atoms with van der Waals surface area (Å²) in [5, 5.41) is 11.4. The molecule has 110 valence electrons. The molecule has 0 radical (unpaired) electrons. The summed E-state index contributed by atoms with van der Waals surface area (Å²) in [6, 6.07) is 6.69. The molecule has 1 rings (SSSR count). The first-order valence-corrected chi connectivity index (χ1v) is 7.95. The Kier molecular flexibility index (Phi) is 7.80. The van der Waals surface area contributed by atoms with Crippen LogP contribution in [0.4, 0.5) is 5.69 Å². The molecule has 0 aliphatic rings. The summed E-state index contributed by atoms with van der Waals surface area (Å²) >= 11 is 13.0. The molecule has 2 N–H and O–H groups in total. The van der Waals surface area contributed by atoms with Crippen molar-refractivity contribution < 1.29 is 14.7 Å². The number of thioether (sulfide) groups is 1. The van der Waals surface area contributed by atoms with E-state index in [1.54, 1.807) is 24.3 Å². The van der Waals surface area contributed by atoms with Crippen LogP contribution in [0.2, 0.25) is 0 Å². The Balaban J connectivity index is 2.43. The topological polar surface area (TPSA) is 66.4 Å². The van der Waals surface area contributed by atoms with Crippen LogP contribution in [-0.4, -0.2) is 33.3 Å². The lowest BCUT2D eigenvalue weighted by molar-refractivity contribution is -0.136. The van der Waals surface area contributed by atoms with Crippen LogP contribution in [0.25, 0.3) is 0 Å². The van der Waals surface area contributed by atoms with Crippen LogP contribution in [0.15, 0.2) is 24.3 Å². The summed E-state index contributed by atoms with van der Waals surface area (Å²) < 4.78 is -0.306. The van der Waals surface area contributed by atoms with E-state index in [-0.39, 0.29) is 23.5 Å². The van der Waals surface area contributed by atoms with Crippen LogP contribution >= 0.6 is 35.0 Å². The maximum Gasteiger partial charge on any atom is 0.307 e. The van der Waals surface area contributed by atoms with E-state index in [0.29, 0.717) is 22.9 Å². The molecule has 1 aromatic rings. The molecule has 7 heteroatoms. The second kappa shape index (κ2) is 9.10. The van der Waals surface area contributed by atoms with Crippen molar-refractivity contribution >= 4 is 52.5 Å². The fourth-order valence-electron chi connectivity index (χ4n) is 1.47. The number of carboxylic acid groups (broad SMARTS) is 1. The second-order valence-electron chi connectivity index (χ2n) is 3.99. The van der Waals surface area contributed by atoms with Crippen LogP contribution in [0, 0.1) is 0 Å². The van der Waals surface area contributed by atoms with E-state index >= 15 is 0 Å². The minimum Gasteiger partial charge on any atom is -0.481 e. The van der Waals surface area contributed by atoms with Gasteiger partial charge in [-0.2, -0.15) is 0 Å². The van der Waals surface area contributed by atoms with Crippen molar-refractivity contribution in [1.29, 1.82) is 0 Å². The van der Waals surface area contributed by atoms with E-state index in [9.17, 15) is 9.59 Å². The van der Waals surface area contributed by atoms with Crippen molar-refractivity contribution in [2.24, 2.45) is 0 Å². The summed E-state index contributed by atoms with van der Waals surface area (Å²) in [4.78, 5) is 22.3. The van der Waals surface area contributed by atoms with Gasteiger partial charge in [-0.3, -0.25) is 9.59 Å². The molecule has 4 nitrogen and oxygen atoms in total. The number of halogens is 2. The third kappa shape index (κ3) is 7.03. The first kappa shape index (κ1) is 17.1. The first-order chi connectivity index (χ1) is 9.51. The Bertz CT molecular complexity index is 453. The van der Waals surface area contributed by atoms with E-state index in [2.05, 4.69) is 5.32 Å². The van der Waals surface area contributed by atoms with E-state index in [1.807, 2.05) is 0 Å². The molecule has 0 unspecified atom stereocenters. The van der Waals surface area contributed by atoms with Crippen molar-refractivity contribution in [2.45, 2.75) is 17.6 Å². The monoisotopic (exact) mass is 335 g/mol. The van der Waals surface area contributed by atoms with Gasteiger partial charge in [0.1, 0.15) is 0 Å². The highest BCUT2D eigenvalue weighted by Crippen LogP contribution is 2.20. The van der Waals surface area contributed by atoms with Gasteiger partial charge < -0.3 is 10.4 Å². The van der Waals surface area contributed by atoms with Gasteiger partial charge in [-0.1, -0.05) is 12.1 Å². The molecule has 0 saturated heterocycles. The molecule has 0 saturated carbocycles. The third-order valence-electron chi connectivity index (χ3n) is 2.31. The molecule has 1 amide bonds. The standard InChI is InChI=1S/C13H15Cl2NO3S/c14-5-6-20-11(15)8-12(17)16-10-3-1-9(2-4-10)7-13(18)19/h1-4,11H,5-8H2,(H,16,17)(H,18,19)/t11-/m1/s1. The third-order valence-corrected chi connectivity index (χ3v) is 4.23. The highest BCUT2D eigenvalue weighted by atomic mass is 35.5. The Morgan fingerprint density at radius 2 is 1.95 bits per heavy atom. The summed E-state index contributed by atoms with van der Waals surface area (Å²) in [7, 11) is 0. The lowest BCUT2D eigenvalue weighted by Crippen LogP contribution is -2.15. The van der Waals surface area contributed by atoms with Gasteiger partial charge in [0.15, 0.2) is 0 Å². The summed E-state index contributed by atoms with van der Waals surface area (Å²) in [6.45, 7) is 0. The largest absolute Gasteiger partial charge is 0.481 e. The number of aliphatic carboxylic acids is 1. The molecule has 0 fully saturated rings. The van der Waals surface area contributed by atoms with Crippen molar-refractivity contribution in [3.63, 3.8) is 0 Å². The Morgan fingerprint density at radius 3 is 2.50 bits per heavy atom. The predicted molar refractivity (Wildman–Crippen MR) is 83.8 cm³/mol. The average Bonchev–Trinajstić information content (AvgIpc) is 2.38. The van der Waals surface area contributed by atoms with Crippen LogP contribution in [0.3, 0.4) is 0 Å². The van der Waals surface area contributed by atoms with Crippen molar-refractivity contribution in [1.82, 2.24) is 0 Å². The fraction of sp³-hybridized carbons (Fsp3) is 0.385. The van der Waals surface area contributed by atoms with E-state index in [4.69, 9.17) is 28.3 Å². The van der Waals surface area contributed by atoms with Crippen LogP contribution in [0.5, 0.6) is 0 Å². The summed E-state index contributed by atoms with van der Waals surface area (Å²) in [5.41, 5.74) is 1.30.